The molecule has 148 valence electrons. The molecule has 0 spiro atoms. The molecule has 4 rings (SSSR count). The van der Waals surface area contributed by atoms with Gasteiger partial charge in [-0.05, 0) is 49.0 Å². The van der Waals surface area contributed by atoms with E-state index in [9.17, 15) is 4.79 Å². The number of hydrogen-bond acceptors (Lipinski definition) is 3. The SMILES string of the molecule is CC1(C)[C@@H]2CC[C@H](C2)[C@@]1(C)NC(=O)CN1CCN(Cc2ccccc2)CC1. The number of carbonyl (C=O) groups excluding carboxylic acids is 1. The summed E-state index contributed by atoms with van der Waals surface area (Å²) in [4.78, 5) is 17.7. The molecule has 0 radical (unpaired) electrons. The monoisotopic (exact) mass is 369 g/mol. The highest BCUT2D eigenvalue weighted by Crippen LogP contribution is 2.61. The molecule has 2 aliphatic carbocycles. The van der Waals surface area contributed by atoms with Crippen LogP contribution < -0.4 is 5.32 Å². The Kier molecular flexibility index (Phi) is 5.06. The summed E-state index contributed by atoms with van der Waals surface area (Å²) in [6.45, 7) is 12.6. The highest BCUT2D eigenvalue weighted by molar-refractivity contribution is 5.79. The van der Waals surface area contributed by atoms with Gasteiger partial charge in [0.05, 0.1) is 6.54 Å². The fourth-order valence-corrected chi connectivity index (χ4v) is 5.85. The number of amides is 1. The summed E-state index contributed by atoms with van der Waals surface area (Å²) in [5, 5.41) is 3.48. The van der Waals surface area contributed by atoms with Crippen molar-refractivity contribution in [2.24, 2.45) is 17.3 Å². The van der Waals surface area contributed by atoms with E-state index in [4.69, 9.17) is 0 Å². The summed E-state index contributed by atoms with van der Waals surface area (Å²) in [6, 6.07) is 10.7. The first-order chi connectivity index (χ1) is 12.9. The zero-order valence-corrected chi connectivity index (χ0v) is 17.2. The average molecular weight is 370 g/mol. The smallest absolute Gasteiger partial charge is 0.234 e. The summed E-state index contributed by atoms with van der Waals surface area (Å²) >= 11 is 0. The van der Waals surface area contributed by atoms with Gasteiger partial charge in [-0.1, -0.05) is 44.2 Å². The van der Waals surface area contributed by atoms with E-state index in [1.54, 1.807) is 0 Å². The second-order valence-corrected chi connectivity index (χ2v) is 9.72. The lowest BCUT2D eigenvalue weighted by Crippen LogP contribution is -2.61. The van der Waals surface area contributed by atoms with Gasteiger partial charge in [-0.25, -0.2) is 0 Å². The maximum atomic E-state index is 12.8. The van der Waals surface area contributed by atoms with Crippen LogP contribution in [0.15, 0.2) is 30.3 Å². The molecule has 1 heterocycles. The lowest BCUT2D eigenvalue weighted by Gasteiger charge is -2.48. The van der Waals surface area contributed by atoms with E-state index >= 15 is 0 Å². The third-order valence-corrected chi connectivity index (χ3v) is 8.09. The molecule has 4 nitrogen and oxygen atoms in total. The minimum absolute atomic E-state index is 0.0396. The third-order valence-electron chi connectivity index (χ3n) is 8.09. The van der Waals surface area contributed by atoms with Gasteiger partial charge in [0.1, 0.15) is 0 Å². The largest absolute Gasteiger partial charge is 0.349 e. The Bertz CT molecular complexity index is 665. The van der Waals surface area contributed by atoms with Gasteiger partial charge >= 0.3 is 0 Å². The van der Waals surface area contributed by atoms with Crippen LogP contribution in [0.5, 0.6) is 0 Å². The van der Waals surface area contributed by atoms with Crippen LogP contribution in [-0.2, 0) is 11.3 Å². The number of piperazine rings is 1. The normalized spacial score (nSPS) is 33.3. The highest BCUT2D eigenvalue weighted by Gasteiger charge is 2.60. The number of nitrogens with zero attached hydrogens (tertiary/aromatic N) is 2. The summed E-state index contributed by atoms with van der Waals surface area (Å²) in [5.41, 5.74) is 1.54. The first-order valence-corrected chi connectivity index (χ1v) is 10.7. The molecular weight excluding hydrogens is 334 g/mol. The molecule has 1 aromatic rings. The van der Waals surface area contributed by atoms with Gasteiger partial charge in [0.2, 0.25) is 5.91 Å². The predicted octanol–water partition coefficient (Wildman–Crippen LogP) is 3.14. The zero-order chi connectivity index (χ0) is 19.1. The van der Waals surface area contributed by atoms with Crippen molar-refractivity contribution in [1.29, 1.82) is 0 Å². The predicted molar refractivity (Wildman–Crippen MR) is 109 cm³/mol. The molecule has 1 aliphatic heterocycles. The fraction of sp³-hybridized carbons (Fsp3) is 0.696. The Morgan fingerprint density at radius 3 is 2.26 bits per heavy atom. The van der Waals surface area contributed by atoms with E-state index in [-0.39, 0.29) is 16.9 Å². The Hall–Kier alpha value is -1.39. The van der Waals surface area contributed by atoms with Crippen molar-refractivity contribution >= 4 is 5.91 Å². The second kappa shape index (κ2) is 7.21. The van der Waals surface area contributed by atoms with Crippen LogP contribution in [0.2, 0.25) is 0 Å². The molecular formula is C23H35N3O. The fourth-order valence-electron chi connectivity index (χ4n) is 5.85. The maximum absolute atomic E-state index is 12.8. The lowest BCUT2D eigenvalue weighted by atomic mass is 9.64. The molecule has 0 unspecified atom stereocenters. The molecule has 3 atom stereocenters. The molecule has 1 saturated heterocycles. The van der Waals surface area contributed by atoms with E-state index in [0.29, 0.717) is 12.5 Å². The van der Waals surface area contributed by atoms with Crippen LogP contribution in [0, 0.1) is 17.3 Å². The van der Waals surface area contributed by atoms with E-state index in [1.807, 2.05) is 0 Å². The Balaban J connectivity index is 1.26. The minimum atomic E-state index is -0.0396. The number of hydrogen-bond donors (Lipinski definition) is 1. The summed E-state index contributed by atoms with van der Waals surface area (Å²) < 4.78 is 0. The van der Waals surface area contributed by atoms with E-state index < -0.39 is 0 Å². The Labute approximate surface area is 164 Å². The molecule has 0 aromatic heterocycles. The molecule has 1 aromatic carbocycles. The van der Waals surface area contributed by atoms with Crippen molar-refractivity contribution in [1.82, 2.24) is 15.1 Å². The number of fused-ring (bicyclic) bond motifs is 2. The van der Waals surface area contributed by atoms with Gasteiger partial charge in [0.25, 0.3) is 0 Å². The van der Waals surface area contributed by atoms with Gasteiger partial charge in [0, 0.05) is 38.3 Å². The minimum Gasteiger partial charge on any atom is -0.349 e. The van der Waals surface area contributed by atoms with Crippen molar-refractivity contribution in [2.75, 3.05) is 32.7 Å². The number of rotatable bonds is 5. The highest BCUT2D eigenvalue weighted by atomic mass is 16.2. The topological polar surface area (TPSA) is 35.6 Å². The summed E-state index contributed by atoms with van der Waals surface area (Å²) in [5.74, 6) is 1.65. The van der Waals surface area contributed by atoms with Gasteiger partial charge in [-0.15, -0.1) is 0 Å². The van der Waals surface area contributed by atoms with Crippen molar-refractivity contribution in [3.05, 3.63) is 35.9 Å². The van der Waals surface area contributed by atoms with Crippen LogP contribution >= 0.6 is 0 Å². The van der Waals surface area contributed by atoms with E-state index in [1.165, 1.54) is 24.8 Å². The molecule has 3 fully saturated rings. The Morgan fingerprint density at radius 2 is 1.63 bits per heavy atom. The molecule has 2 saturated carbocycles. The maximum Gasteiger partial charge on any atom is 0.234 e. The van der Waals surface area contributed by atoms with Crippen LogP contribution in [-0.4, -0.2) is 54.0 Å². The first-order valence-electron chi connectivity index (χ1n) is 10.7. The van der Waals surface area contributed by atoms with Crippen molar-refractivity contribution < 1.29 is 4.79 Å². The molecule has 2 bridgehead atoms. The molecule has 3 aliphatic rings. The zero-order valence-electron chi connectivity index (χ0n) is 17.2. The summed E-state index contributed by atoms with van der Waals surface area (Å²) in [7, 11) is 0. The molecule has 1 N–H and O–H groups in total. The van der Waals surface area contributed by atoms with Gasteiger partial charge < -0.3 is 5.32 Å². The molecule has 27 heavy (non-hydrogen) atoms. The van der Waals surface area contributed by atoms with Crippen LogP contribution in [0.3, 0.4) is 0 Å². The van der Waals surface area contributed by atoms with Crippen LogP contribution in [0.1, 0.15) is 45.6 Å². The van der Waals surface area contributed by atoms with Crippen LogP contribution in [0.25, 0.3) is 0 Å². The third kappa shape index (κ3) is 3.54. The summed E-state index contributed by atoms with van der Waals surface area (Å²) in [6.07, 6.45) is 3.91. The number of carbonyl (C=O) groups is 1. The standard InChI is InChI=1S/C23H35N3O/c1-22(2)19-9-10-20(15-19)23(22,3)24-21(27)17-26-13-11-25(12-14-26)16-18-7-5-4-6-8-18/h4-8,19-20H,9-17H2,1-3H3,(H,24,27)/t19-,20-,23-/m1/s1. The first kappa shape index (κ1) is 18.9. The van der Waals surface area contributed by atoms with Gasteiger partial charge in [0.15, 0.2) is 0 Å². The van der Waals surface area contributed by atoms with Gasteiger partial charge in [-0.2, -0.15) is 0 Å². The number of nitrogens with one attached hydrogen (secondary N) is 1. The Morgan fingerprint density at radius 1 is 1.00 bits per heavy atom. The second-order valence-electron chi connectivity index (χ2n) is 9.72. The van der Waals surface area contributed by atoms with E-state index in [2.05, 4.69) is 66.2 Å². The van der Waals surface area contributed by atoms with Crippen LogP contribution in [0.4, 0.5) is 0 Å². The lowest BCUT2D eigenvalue weighted by molar-refractivity contribution is -0.127. The van der Waals surface area contributed by atoms with Crippen molar-refractivity contribution in [3.63, 3.8) is 0 Å². The van der Waals surface area contributed by atoms with Gasteiger partial charge in [-0.3, -0.25) is 14.6 Å². The average Bonchev–Trinajstić information content (AvgIpc) is 3.20. The van der Waals surface area contributed by atoms with Crippen molar-refractivity contribution in [3.8, 4) is 0 Å². The van der Waals surface area contributed by atoms with E-state index in [0.717, 1.165) is 38.6 Å². The number of benzene rings is 1. The molecule has 4 heteroatoms. The van der Waals surface area contributed by atoms with Crippen molar-refractivity contribution in [2.45, 2.75) is 52.1 Å². The quantitative estimate of drug-likeness (QED) is 0.866. The molecule has 1 amide bonds.